The molecule has 1 saturated carbocycles. The summed E-state index contributed by atoms with van der Waals surface area (Å²) in [5.41, 5.74) is 1.18. The molecule has 4 heteroatoms. The lowest BCUT2D eigenvalue weighted by molar-refractivity contribution is -0.0975. The van der Waals surface area contributed by atoms with E-state index < -0.39 is 0 Å². The van der Waals surface area contributed by atoms with Gasteiger partial charge in [0.2, 0.25) is 0 Å². The van der Waals surface area contributed by atoms with Crippen LogP contribution in [0.3, 0.4) is 0 Å². The van der Waals surface area contributed by atoms with Gasteiger partial charge < -0.3 is 14.8 Å². The standard InChI is InChI=1S/C17H26ClNO2/c1-5-9-21-14-8-7-12(10-13(14)18)19-15-11-16(20-6-2)17(15,3)4/h7-8,10,15-16,19H,5-6,9,11H2,1-4H3. The van der Waals surface area contributed by atoms with Crippen molar-refractivity contribution >= 4 is 17.3 Å². The summed E-state index contributed by atoms with van der Waals surface area (Å²) in [7, 11) is 0. The second-order valence-corrected chi connectivity index (χ2v) is 6.60. The van der Waals surface area contributed by atoms with Crippen LogP contribution in [0, 0.1) is 5.41 Å². The Morgan fingerprint density at radius 3 is 2.67 bits per heavy atom. The normalized spacial score (nSPS) is 23.5. The SMILES string of the molecule is CCCOc1ccc(NC2CC(OCC)C2(C)C)cc1Cl. The van der Waals surface area contributed by atoms with Crippen molar-refractivity contribution in [1.82, 2.24) is 0 Å². The molecule has 118 valence electrons. The lowest BCUT2D eigenvalue weighted by atomic mass is 9.64. The predicted molar refractivity (Wildman–Crippen MR) is 88.5 cm³/mol. The molecule has 0 radical (unpaired) electrons. The third kappa shape index (κ3) is 3.64. The molecule has 0 amide bonds. The van der Waals surface area contributed by atoms with Crippen LogP contribution in [0.5, 0.6) is 5.75 Å². The highest BCUT2D eigenvalue weighted by molar-refractivity contribution is 6.32. The van der Waals surface area contributed by atoms with Crippen LogP contribution in [0.15, 0.2) is 18.2 Å². The maximum Gasteiger partial charge on any atom is 0.138 e. The largest absolute Gasteiger partial charge is 0.492 e. The molecule has 0 saturated heterocycles. The molecule has 0 heterocycles. The fourth-order valence-electron chi connectivity index (χ4n) is 2.74. The van der Waals surface area contributed by atoms with Crippen molar-refractivity contribution in [3.63, 3.8) is 0 Å². The molecule has 0 aromatic heterocycles. The molecule has 1 fully saturated rings. The fourth-order valence-corrected chi connectivity index (χ4v) is 2.97. The Morgan fingerprint density at radius 2 is 2.10 bits per heavy atom. The minimum atomic E-state index is 0.139. The number of hydrogen-bond donors (Lipinski definition) is 1. The molecule has 3 nitrogen and oxygen atoms in total. The number of nitrogens with one attached hydrogen (secondary N) is 1. The van der Waals surface area contributed by atoms with E-state index >= 15 is 0 Å². The van der Waals surface area contributed by atoms with E-state index in [0.29, 0.717) is 23.8 Å². The van der Waals surface area contributed by atoms with Crippen LogP contribution in [-0.4, -0.2) is 25.4 Å². The molecule has 1 N–H and O–H groups in total. The van der Waals surface area contributed by atoms with Gasteiger partial charge in [-0.3, -0.25) is 0 Å². The zero-order valence-corrected chi connectivity index (χ0v) is 14.2. The summed E-state index contributed by atoms with van der Waals surface area (Å²) in [6.07, 6.45) is 2.35. The minimum absolute atomic E-state index is 0.139. The molecule has 21 heavy (non-hydrogen) atoms. The number of hydrogen-bond acceptors (Lipinski definition) is 3. The van der Waals surface area contributed by atoms with Crippen molar-refractivity contribution < 1.29 is 9.47 Å². The van der Waals surface area contributed by atoms with Crippen molar-refractivity contribution in [1.29, 1.82) is 0 Å². The summed E-state index contributed by atoms with van der Waals surface area (Å²) in [6.45, 7) is 10.1. The van der Waals surface area contributed by atoms with E-state index in [-0.39, 0.29) is 5.41 Å². The minimum Gasteiger partial charge on any atom is -0.492 e. The van der Waals surface area contributed by atoms with Gasteiger partial charge in [0.25, 0.3) is 0 Å². The quantitative estimate of drug-likeness (QED) is 0.788. The van der Waals surface area contributed by atoms with Crippen molar-refractivity contribution in [3.8, 4) is 5.75 Å². The number of rotatable bonds is 7. The highest BCUT2D eigenvalue weighted by atomic mass is 35.5. The predicted octanol–water partition coefficient (Wildman–Crippen LogP) is 4.74. The van der Waals surface area contributed by atoms with Crippen LogP contribution in [-0.2, 0) is 4.74 Å². The topological polar surface area (TPSA) is 30.5 Å². The van der Waals surface area contributed by atoms with E-state index in [1.165, 1.54) is 0 Å². The highest BCUT2D eigenvalue weighted by Gasteiger charge is 2.48. The maximum atomic E-state index is 6.27. The molecule has 0 spiro atoms. The third-order valence-corrected chi connectivity index (χ3v) is 4.58. The Labute approximate surface area is 133 Å². The Balaban J connectivity index is 1.97. The second kappa shape index (κ2) is 6.89. The van der Waals surface area contributed by atoms with Gasteiger partial charge in [-0.25, -0.2) is 0 Å². The highest BCUT2D eigenvalue weighted by Crippen LogP contribution is 2.44. The first-order valence-corrected chi connectivity index (χ1v) is 8.17. The zero-order chi connectivity index (χ0) is 15.5. The van der Waals surface area contributed by atoms with Crippen LogP contribution in [0.4, 0.5) is 5.69 Å². The molecule has 0 aliphatic heterocycles. The van der Waals surface area contributed by atoms with E-state index in [4.69, 9.17) is 21.1 Å². The Morgan fingerprint density at radius 1 is 1.33 bits per heavy atom. The van der Waals surface area contributed by atoms with Gasteiger partial charge in [-0.1, -0.05) is 32.4 Å². The van der Waals surface area contributed by atoms with Gasteiger partial charge in [0.05, 0.1) is 17.7 Å². The van der Waals surface area contributed by atoms with Crippen molar-refractivity contribution in [3.05, 3.63) is 23.2 Å². The van der Waals surface area contributed by atoms with E-state index in [0.717, 1.165) is 30.9 Å². The first-order chi connectivity index (χ1) is 9.98. The van der Waals surface area contributed by atoms with Gasteiger partial charge in [0.1, 0.15) is 5.75 Å². The number of anilines is 1. The summed E-state index contributed by atoms with van der Waals surface area (Å²) in [5.74, 6) is 0.754. The van der Waals surface area contributed by atoms with E-state index in [1.54, 1.807) is 0 Å². The van der Waals surface area contributed by atoms with Crippen LogP contribution in [0.1, 0.15) is 40.5 Å². The van der Waals surface area contributed by atoms with Gasteiger partial charge in [-0.05, 0) is 38.0 Å². The van der Waals surface area contributed by atoms with E-state index in [2.05, 4.69) is 26.1 Å². The van der Waals surface area contributed by atoms with Crippen molar-refractivity contribution in [2.45, 2.75) is 52.7 Å². The second-order valence-electron chi connectivity index (χ2n) is 6.19. The molecule has 2 atom stereocenters. The van der Waals surface area contributed by atoms with Gasteiger partial charge in [-0.15, -0.1) is 0 Å². The summed E-state index contributed by atoms with van der Waals surface area (Å²) >= 11 is 6.27. The average molecular weight is 312 g/mol. The molecular weight excluding hydrogens is 286 g/mol. The monoisotopic (exact) mass is 311 g/mol. The molecule has 0 bridgehead atoms. The van der Waals surface area contributed by atoms with Gasteiger partial charge in [-0.2, -0.15) is 0 Å². The molecule has 1 aromatic carbocycles. The third-order valence-electron chi connectivity index (χ3n) is 4.28. The van der Waals surface area contributed by atoms with Crippen molar-refractivity contribution in [2.75, 3.05) is 18.5 Å². The van der Waals surface area contributed by atoms with Gasteiger partial charge in [0.15, 0.2) is 0 Å². The van der Waals surface area contributed by atoms with Crippen LogP contribution in [0.2, 0.25) is 5.02 Å². The van der Waals surface area contributed by atoms with Crippen LogP contribution in [0.25, 0.3) is 0 Å². The van der Waals surface area contributed by atoms with Crippen LogP contribution < -0.4 is 10.1 Å². The Hall–Kier alpha value is -0.930. The molecule has 1 aliphatic carbocycles. The first-order valence-electron chi connectivity index (χ1n) is 7.79. The molecular formula is C17H26ClNO2. The molecule has 1 aliphatic rings. The number of benzene rings is 1. The summed E-state index contributed by atoms with van der Waals surface area (Å²) in [4.78, 5) is 0. The van der Waals surface area contributed by atoms with Gasteiger partial charge in [0, 0.05) is 23.8 Å². The lowest BCUT2D eigenvalue weighted by Gasteiger charge is -2.52. The number of halogens is 1. The Kier molecular flexibility index (Phi) is 5.39. The van der Waals surface area contributed by atoms with Crippen LogP contribution >= 0.6 is 11.6 Å². The van der Waals surface area contributed by atoms with Crippen molar-refractivity contribution in [2.24, 2.45) is 5.41 Å². The maximum absolute atomic E-state index is 6.27. The summed E-state index contributed by atoms with van der Waals surface area (Å²) < 4.78 is 11.4. The Bertz CT molecular complexity index is 476. The van der Waals surface area contributed by atoms with Gasteiger partial charge >= 0.3 is 0 Å². The fraction of sp³-hybridized carbons (Fsp3) is 0.647. The summed E-state index contributed by atoms with van der Waals surface area (Å²) in [6, 6.07) is 6.32. The zero-order valence-electron chi connectivity index (χ0n) is 13.4. The average Bonchev–Trinajstić information content (AvgIpc) is 2.45. The lowest BCUT2D eigenvalue weighted by Crippen LogP contribution is -2.58. The first kappa shape index (κ1) is 16.4. The number of ether oxygens (including phenoxy) is 2. The smallest absolute Gasteiger partial charge is 0.138 e. The van der Waals surface area contributed by atoms with E-state index in [9.17, 15) is 0 Å². The molecule has 2 unspecified atom stereocenters. The summed E-state index contributed by atoms with van der Waals surface area (Å²) in [5, 5.41) is 4.22. The molecule has 2 rings (SSSR count). The van der Waals surface area contributed by atoms with E-state index in [1.807, 2.05) is 25.1 Å². The molecule has 1 aromatic rings.